The molecule has 0 fully saturated rings. The zero-order valence-corrected chi connectivity index (χ0v) is 11.1. The van der Waals surface area contributed by atoms with Gasteiger partial charge in [0.05, 0.1) is 13.7 Å². The van der Waals surface area contributed by atoms with Gasteiger partial charge in [-0.1, -0.05) is 0 Å². The Morgan fingerprint density at radius 3 is 2.74 bits per heavy atom. The van der Waals surface area contributed by atoms with Gasteiger partial charge in [-0.05, 0) is 18.6 Å². The lowest BCUT2D eigenvalue weighted by atomic mass is 10.2. The monoisotopic (exact) mass is 266 g/mol. The van der Waals surface area contributed by atoms with E-state index in [1.807, 2.05) is 0 Å². The number of nitrogens with one attached hydrogen (secondary N) is 1. The van der Waals surface area contributed by atoms with Crippen molar-refractivity contribution in [2.24, 2.45) is 0 Å². The summed E-state index contributed by atoms with van der Waals surface area (Å²) in [5, 5.41) is 2.50. The van der Waals surface area contributed by atoms with E-state index in [4.69, 9.17) is 15.2 Å². The molecule has 1 rings (SSSR count). The molecule has 6 heteroatoms. The van der Waals surface area contributed by atoms with E-state index in [1.165, 1.54) is 7.11 Å². The van der Waals surface area contributed by atoms with E-state index in [1.54, 1.807) is 25.2 Å². The highest BCUT2D eigenvalue weighted by atomic mass is 16.5. The van der Waals surface area contributed by atoms with Crippen LogP contribution in [0.15, 0.2) is 18.2 Å². The Morgan fingerprint density at radius 2 is 2.11 bits per heavy atom. The summed E-state index contributed by atoms with van der Waals surface area (Å²) in [6.07, 6.45) is 0.797. The van der Waals surface area contributed by atoms with E-state index in [-0.39, 0.29) is 12.5 Å². The minimum absolute atomic E-state index is 0.0823. The molecule has 0 aliphatic carbocycles. The van der Waals surface area contributed by atoms with E-state index in [0.29, 0.717) is 29.8 Å². The topological polar surface area (TPSA) is 90.7 Å². The molecule has 0 saturated carbocycles. The predicted molar refractivity (Wildman–Crippen MR) is 71.0 cm³/mol. The number of hydrogen-bond acceptors (Lipinski definition) is 5. The molecule has 0 aliphatic heterocycles. The summed E-state index contributed by atoms with van der Waals surface area (Å²) in [5.74, 6) is -0.203. The third kappa shape index (κ3) is 4.50. The molecule has 0 spiro atoms. The highest BCUT2D eigenvalue weighted by molar-refractivity contribution is 5.93. The van der Waals surface area contributed by atoms with E-state index in [9.17, 15) is 9.59 Å². The number of carbonyl (C=O) groups is 2. The van der Waals surface area contributed by atoms with Gasteiger partial charge in [0.15, 0.2) is 0 Å². The summed E-state index contributed by atoms with van der Waals surface area (Å²) < 4.78 is 10.1. The average molecular weight is 266 g/mol. The predicted octanol–water partition coefficient (Wildman–Crippen LogP) is 0.960. The summed E-state index contributed by atoms with van der Waals surface area (Å²) in [6.45, 7) is 0.180. The molecule has 0 radical (unpaired) electrons. The minimum atomic E-state index is -0.492. The lowest BCUT2D eigenvalue weighted by Crippen LogP contribution is -2.18. The van der Waals surface area contributed by atoms with Crippen LogP contribution in [0.1, 0.15) is 23.2 Å². The molecular weight excluding hydrogens is 248 g/mol. The maximum absolute atomic E-state index is 11.8. The number of nitrogens with two attached hydrogens (primary N) is 1. The molecule has 6 nitrogen and oxygen atoms in total. The first kappa shape index (κ1) is 14.8. The maximum Gasteiger partial charge on any atom is 0.341 e. The van der Waals surface area contributed by atoms with Gasteiger partial charge in [-0.25, -0.2) is 4.79 Å². The molecule has 0 heterocycles. The number of carbonyl (C=O) groups excluding carboxylic acids is 2. The van der Waals surface area contributed by atoms with Crippen molar-refractivity contribution < 1.29 is 19.1 Å². The molecule has 104 valence electrons. The highest BCUT2D eigenvalue weighted by Gasteiger charge is 2.13. The summed E-state index contributed by atoms with van der Waals surface area (Å²) >= 11 is 0. The van der Waals surface area contributed by atoms with Crippen LogP contribution in [-0.2, 0) is 9.53 Å². The van der Waals surface area contributed by atoms with Crippen molar-refractivity contribution in [2.75, 3.05) is 26.5 Å². The van der Waals surface area contributed by atoms with Crippen molar-refractivity contribution in [3.05, 3.63) is 23.8 Å². The van der Waals surface area contributed by atoms with Crippen LogP contribution < -0.4 is 15.8 Å². The fourth-order valence-corrected chi connectivity index (χ4v) is 1.48. The third-order valence-corrected chi connectivity index (χ3v) is 2.51. The van der Waals surface area contributed by atoms with Crippen LogP contribution in [0.4, 0.5) is 5.69 Å². The summed E-state index contributed by atoms with van der Waals surface area (Å²) in [5.41, 5.74) is 6.42. The van der Waals surface area contributed by atoms with Gasteiger partial charge in [0.2, 0.25) is 5.91 Å². The highest BCUT2D eigenvalue weighted by Crippen LogP contribution is 2.22. The first-order chi connectivity index (χ1) is 9.08. The second-order valence-electron chi connectivity index (χ2n) is 3.87. The van der Waals surface area contributed by atoms with Gasteiger partial charge in [-0.3, -0.25) is 4.79 Å². The first-order valence-electron chi connectivity index (χ1n) is 5.89. The minimum Gasteiger partial charge on any atom is -0.496 e. The molecule has 1 aromatic carbocycles. The second kappa shape index (κ2) is 7.25. The van der Waals surface area contributed by atoms with Gasteiger partial charge in [-0.2, -0.15) is 0 Å². The molecule has 0 saturated heterocycles. The van der Waals surface area contributed by atoms with Gasteiger partial charge >= 0.3 is 5.97 Å². The Morgan fingerprint density at radius 1 is 1.37 bits per heavy atom. The van der Waals surface area contributed by atoms with Gasteiger partial charge < -0.3 is 20.5 Å². The van der Waals surface area contributed by atoms with Crippen LogP contribution in [-0.4, -0.2) is 32.6 Å². The number of esters is 1. The number of benzene rings is 1. The number of nitrogen functional groups attached to an aromatic ring is 1. The Hall–Kier alpha value is -2.24. The Labute approximate surface area is 111 Å². The largest absolute Gasteiger partial charge is 0.496 e. The number of anilines is 1. The number of rotatable bonds is 6. The van der Waals surface area contributed by atoms with Crippen molar-refractivity contribution >= 4 is 17.6 Å². The van der Waals surface area contributed by atoms with E-state index >= 15 is 0 Å². The molecule has 0 aromatic heterocycles. The molecule has 0 atom stereocenters. The lowest BCUT2D eigenvalue weighted by Gasteiger charge is -2.09. The van der Waals surface area contributed by atoms with Crippen molar-refractivity contribution in [3.8, 4) is 5.75 Å². The molecule has 0 bridgehead atoms. The van der Waals surface area contributed by atoms with Crippen molar-refractivity contribution in [2.45, 2.75) is 12.8 Å². The van der Waals surface area contributed by atoms with Crippen molar-refractivity contribution in [1.29, 1.82) is 0 Å². The molecule has 0 aliphatic rings. The van der Waals surface area contributed by atoms with Crippen LogP contribution >= 0.6 is 0 Å². The third-order valence-electron chi connectivity index (χ3n) is 2.51. The zero-order chi connectivity index (χ0) is 14.3. The van der Waals surface area contributed by atoms with Gasteiger partial charge in [-0.15, -0.1) is 0 Å². The summed E-state index contributed by atoms with van der Waals surface area (Å²) in [6, 6.07) is 4.71. The molecular formula is C13H18N2O4. The standard InChI is InChI=1S/C13H18N2O4/c1-15-12(16)4-3-7-19-13(17)10-6-5-9(14)8-11(10)18-2/h5-6,8H,3-4,7,14H2,1-2H3,(H,15,16). The van der Waals surface area contributed by atoms with E-state index in [2.05, 4.69) is 5.32 Å². The SMILES string of the molecule is CNC(=O)CCCOC(=O)c1ccc(N)cc1OC. The number of amides is 1. The van der Waals surface area contributed by atoms with Crippen LogP contribution in [0.2, 0.25) is 0 Å². The molecule has 0 unspecified atom stereocenters. The Balaban J connectivity index is 2.52. The summed E-state index contributed by atoms with van der Waals surface area (Å²) in [7, 11) is 3.02. The number of ether oxygens (including phenoxy) is 2. The van der Waals surface area contributed by atoms with E-state index < -0.39 is 5.97 Å². The molecule has 3 N–H and O–H groups in total. The van der Waals surface area contributed by atoms with Crippen molar-refractivity contribution in [1.82, 2.24) is 5.32 Å². The number of hydrogen-bond donors (Lipinski definition) is 2. The Kier molecular flexibility index (Phi) is 5.66. The Bertz CT molecular complexity index is 460. The van der Waals surface area contributed by atoms with E-state index in [0.717, 1.165) is 0 Å². The molecule has 19 heavy (non-hydrogen) atoms. The van der Waals surface area contributed by atoms with Gasteiger partial charge in [0, 0.05) is 25.2 Å². The second-order valence-corrected chi connectivity index (χ2v) is 3.87. The maximum atomic E-state index is 11.8. The number of methoxy groups -OCH3 is 1. The molecule has 1 aromatic rings. The van der Waals surface area contributed by atoms with Crippen molar-refractivity contribution in [3.63, 3.8) is 0 Å². The normalized spacial score (nSPS) is 9.79. The van der Waals surface area contributed by atoms with Crippen LogP contribution in [0.3, 0.4) is 0 Å². The van der Waals surface area contributed by atoms with Crippen LogP contribution in [0.5, 0.6) is 5.75 Å². The zero-order valence-electron chi connectivity index (χ0n) is 11.1. The van der Waals surface area contributed by atoms with Gasteiger partial charge in [0.25, 0.3) is 0 Å². The smallest absolute Gasteiger partial charge is 0.341 e. The average Bonchev–Trinajstić information content (AvgIpc) is 2.42. The van der Waals surface area contributed by atoms with Crippen LogP contribution in [0.25, 0.3) is 0 Å². The van der Waals surface area contributed by atoms with Gasteiger partial charge in [0.1, 0.15) is 11.3 Å². The fourth-order valence-electron chi connectivity index (χ4n) is 1.48. The quantitative estimate of drug-likeness (QED) is 0.454. The molecule has 1 amide bonds. The first-order valence-corrected chi connectivity index (χ1v) is 5.89. The van der Waals surface area contributed by atoms with Crippen LogP contribution in [0, 0.1) is 0 Å². The fraction of sp³-hybridized carbons (Fsp3) is 0.385. The summed E-state index contributed by atoms with van der Waals surface area (Å²) in [4.78, 5) is 22.8. The lowest BCUT2D eigenvalue weighted by molar-refractivity contribution is -0.120.